The van der Waals surface area contributed by atoms with Crippen LogP contribution in [0.1, 0.15) is 48.9 Å². The Hall–Kier alpha value is -0.800. The standard InChI is InChI=1S/C19H21ClO2S/c20-16-3-1-15(2-4-16)18(22)23-11-17(21)19-8-12-5-13(9-19)7-14(6-12)10-19/h1-4,12-14H,5-11H2. The topological polar surface area (TPSA) is 34.1 Å². The molecule has 0 atom stereocenters. The summed E-state index contributed by atoms with van der Waals surface area (Å²) in [6.07, 6.45) is 7.24. The molecule has 0 N–H and O–H groups in total. The van der Waals surface area contributed by atoms with Gasteiger partial charge in [-0.05, 0) is 80.5 Å². The van der Waals surface area contributed by atoms with E-state index in [1.165, 1.54) is 19.3 Å². The van der Waals surface area contributed by atoms with E-state index < -0.39 is 0 Å². The molecule has 2 nitrogen and oxygen atoms in total. The Morgan fingerprint density at radius 3 is 2.04 bits per heavy atom. The Balaban J connectivity index is 1.40. The zero-order valence-electron chi connectivity index (χ0n) is 13.1. The van der Waals surface area contributed by atoms with Gasteiger partial charge in [-0.15, -0.1) is 0 Å². The molecule has 4 bridgehead atoms. The monoisotopic (exact) mass is 348 g/mol. The second-order valence-corrected chi connectivity index (χ2v) is 9.09. The van der Waals surface area contributed by atoms with Crippen molar-refractivity contribution < 1.29 is 9.59 Å². The van der Waals surface area contributed by atoms with Crippen molar-refractivity contribution in [3.8, 4) is 0 Å². The first-order chi connectivity index (χ1) is 11.0. The van der Waals surface area contributed by atoms with Crippen LogP contribution in [0.25, 0.3) is 0 Å². The maximum Gasteiger partial charge on any atom is 0.219 e. The zero-order chi connectivity index (χ0) is 16.0. The molecule has 0 unspecified atom stereocenters. The number of carbonyl (C=O) groups excluding carboxylic acids is 2. The van der Waals surface area contributed by atoms with Crippen molar-refractivity contribution >= 4 is 34.3 Å². The summed E-state index contributed by atoms with van der Waals surface area (Å²) >= 11 is 7.01. The van der Waals surface area contributed by atoms with Gasteiger partial charge >= 0.3 is 0 Å². The minimum absolute atomic E-state index is 0.0280. The van der Waals surface area contributed by atoms with E-state index in [1.807, 2.05) is 0 Å². The van der Waals surface area contributed by atoms with E-state index in [2.05, 4.69) is 0 Å². The summed E-state index contributed by atoms with van der Waals surface area (Å²) < 4.78 is 0. The zero-order valence-corrected chi connectivity index (χ0v) is 14.7. The number of hydrogen-bond donors (Lipinski definition) is 0. The molecule has 1 aromatic rings. The number of rotatable bonds is 4. The van der Waals surface area contributed by atoms with Crippen molar-refractivity contribution in [3.63, 3.8) is 0 Å². The highest BCUT2D eigenvalue weighted by Crippen LogP contribution is 2.60. The van der Waals surface area contributed by atoms with Crippen molar-refractivity contribution in [1.82, 2.24) is 0 Å². The van der Waals surface area contributed by atoms with Gasteiger partial charge in [0.1, 0.15) is 5.78 Å². The van der Waals surface area contributed by atoms with Gasteiger partial charge in [-0.2, -0.15) is 0 Å². The van der Waals surface area contributed by atoms with Crippen molar-refractivity contribution in [2.45, 2.75) is 38.5 Å². The molecule has 122 valence electrons. The fourth-order valence-corrected chi connectivity index (χ4v) is 6.40. The first-order valence-electron chi connectivity index (χ1n) is 8.50. The third-order valence-electron chi connectivity index (χ3n) is 6.04. The van der Waals surface area contributed by atoms with Crippen LogP contribution < -0.4 is 0 Å². The number of Topliss-reactive ketones (excluding diaryl/α,β-unsaturated/α-hetero) is 1. The van der Waals surface area contributed by atoms with Gasteiger partial charge in [0.05, 0.1) is 5.75 Å². The summed E-state index contributed by atoms with van der Waals surface area (Å²) in [7, 11) is 0. The fraction of sp³-hybridized carbons (Fsp3) is 0.579. The smallest absolute Gasteiger partial charge is 0.219 e. The molecular weight excluding hydrogens is 328 g/mol. The van der Waals surface area contributed by atoms with Crippen LogP contribution in [0.3, 0.4) is 0 Å². The van der Waals surface area contributed by atoms with Gasteiger partial charge in [0.2, 0.25) is 5.12 Å². The quantitative estimate of drug-likeness (QED) is 0.767. The van der Waals surface area contributed by atoms with Crippen LogP contribution >= 0.6 is 23.4 Å². The summed E-state index contributed by atoms with van der Waals surface area (Å²) in [6.45, 7) is 0. The van der Waals surface area contributed by atoms with E-state index in [9.17, 15) is 9.59 Å². The molecular formula is C19H21ClO2S. The second kappa shape index (κ2) is 5.93. The van der Waals surface area contributed by atoms with Crippen LogP contribution in [0.2, 0.25) is 5.02 Å². The molecule has 23 heavy (non-hydrogen) atoms. The van der Waals surface area contributed by atoms with E-state index in [-0.39, 0.29) is 10.5 Å². The molecule has 0 radical (unpaired) electrons. The Morgan fingerprint density at radius 1 is 1.00 bits per heavy atom. The molecule has 4 aliphatic carbocycles. The molecule has 0 aromatic heterocycles. The normalized spacial score (nSPS) is 34.6. The molecule has 4 heteroatoms. The third-order valence-corrected chi connectivity index (χ3v) is 7.20. The molecule has 0 heterocycles. The highest BCUT2D eigenvalue weighted by atomic mass is 35.5. The van der Waals surface area contributed by atoms with E-state index in [0.717, 1.165) is 48.8 Å². The van der Waals surface area contributed by atoms with Gasteiger partial charge < -0.3 is 0 Å². The van der Waals surface area contributed by atoms with E-state index >= 15 is 0 Å². The Labute approximate surface area is 146 Å². The van der Waals surface area contributed by atoms with Gasteiger partial charge in [-0.1, -0.05) is 23.4 Å². The first-order valence-corrected chi connectivity index (χ1v) is 9.86. The lowest BCUT2D eigenvalue weighted by atomic mass is 9.48. The highest BCUT2D eigenvalue weighted by Gasteiger charge is 2.54. The Morgan fingerprint density at radius 2 is 1.52 bits per heavy atom. The number of carbonyl (C=O) groups is 2. The molecule has 5 rings (SSSR count). The van der Waals surface area contributed by atoms with Crippen LogP contribution in [0.5, 0.6) is 0 Å². The summed E-state index contributed by atoms with van der Waals surface area (Å²) in [5.41, 5.74) is 0.528. The second-order valence-electron chi connectivity index (χ2n) is 7.70. The summed E-state index contributed by atoms with van der Waals surface area (Å²) in [6, 6.07) is 6.90. The Kier molecular flexibility index (Phi) is 4.05. The highest BCUT2D eigenvalue weighted by molar-refractivity contribution is 8.14. The number of halogens is 1. The van der Waals surface area contributed by atoms with Crippen molar-refractivity contribution in [2.75, 3.05) is 5.75 Å². The fourth-order valence-electron chi connectivity index (χ4n) is 5.41. The average molecular weight is 349 g/mol. The molecule has 0 aliphatic heterocycles. The predicted molar refractivity (Wildman–Crippen MR) is 93.9 cm³/mol. The summed E-state index contributed by atoms with van der Waals surface area (Å²) in [5, 5.41) is 0.593. The molecule has 0 spiro atoms. The van der Waals surface area contributed by atoms with E-state index in [4.69, 9.17) is 11.6 Å². The first kappa shape index (κ1) is 15.7. The van der Waals surface area contributed by atoms with E-state index in [1.54, 1.807) is 24.3 Å². The molecule has 4 fully saturated rings. The minimum atomic E-state index is -0.0952. The Bertz CT molecular complexity index is 602. The van der Waals surface area contributed by atoms with Gasteiger partial charge in [0, 0.05) is 16.0 Å². The summed E-state index contributed by atoms with van der Waals surface area (Å²) in [4.78, 5) is 25.1. The van der Waals surface area contributed by atoms with Crippen molar-refractivity contribution in [2.24, 2.45) is 23.2 Å². The summed E-state index contributed by atoms with van der Waals surface area (Å²) in [5.74, 6) is 2.95. The SMILES string of the molecule is O=C(SCC(=O)C12CC3CC(CC(C3)C1)C2)c1ccc(Cl)cc1. The lowest BCUT2D eigenvalue weighted by Gasteiger charge is -2.56. The van der Waals surface area contributed by atoms with Crippen LogP contribution in [-0.2, 0) is 4.79 Å². The maximum absolute atomic E-state index is 12.9. The number of benzene rings is 1. The molecule has 4 aliphatic rings. The van der Waals surface area contributed by atoms with Crippen molar-refractivity contribution in [3.05, 3.63) is 34.9 Å². The lowest BCUT2D eigenvalue weighted by Crippen LogP contribution is -2.50. The largest absolute Gasteiger partial charge is 0.298 e. The number of thioether (sulfide) groups is 1. The van der Waals surface area contributed by atoms with E-state index in [0.29, 0.717) is 22.1 Å². The van der Waals surface area contributed by atoms with Gasteiger partial charge in [-0.25, -0.2) is 0 Å². The van der Waals surface area contributed by atoms with Crippen LogP contribution in [0.4, 0.5) is 0 Å². The van der Waals surface area contributed by atoms with Crippen LogP contribution in [0.15, 0.2) is 24.3 Å². The van der Waals surface area contributed by atoms with Crippen molar-refractivity contribution in [1.29, 1.82) is 0 Å². The van der Waals surface area contributed by atoms with Crippen LogP contribution in [0, 0.1) is 23.2 Å². The predicted octanol–water partition coefficient (Wildman–Crippen LogP) is 5.00. The molecule has 4 saturated carbocycles. The van der Waals surface area contributed by atoms with Crippen LogP contribution in [-0.4, -0.2) is 16.7 Å². The maximum atomic E-state index is 12.9. The van der Waals surface area contributed by atoms with Gasteiger partial charge in [0.25, 0.3) is 0 Å². The van der Waals surface area contributed by atoms with Gasteiger partial charge in [0.15, 0.2) is 0 Å². The number of hydrogen-bond acceptors (Lipinski definition) is 3. The lowest BCUT2D eigenvalue weighted by molar-refractivity contribution is -0.141. The minimum Gasteiger partial charge on any atom is -0.298 e. The number of ketones is 1. The third kappa shape index (κ3) is 2.98. The van der Waals surface area contributed by atoms with Gasteiger partial charge in [-0.3, -0.25) is 9.59 Å². The average Bonchev–Trinajstić information content (AvgIpc) is 2.51. The molecule has 1 aromatic carbocycles. The molecule has 0 amide bonds. The molecule has 0 saturated heterocycles.